The lowest BCUT2D eigenvalue weighted by atomic mass is 10.2. The number of hydrogen-bond donors (Lipinski definition) is 1. The number of nitrogens with one attached hydrogen (secondary N) is 1. The zero-order valence-electron chi connectivity index (χ0n) is 14.7. The topological polar surface area (TPSA) is 71.4 Å². The highest BCUT2D eigenvalue weighted by Crippen LogP contribution is 2.22. The summed E-state index contributed by atoms with van der Waals surface area (Å²) in [5.74, 6) is -0.356. The van der Waals surface area contributed by atoms with Gasteiger partial charge in [0, 0.05) is 36.5 Å². The predicted octanol–water partition coefficient (Wildman–Crippen LogP) is 3.38. The van der Waals surface area contributed by atoms with E-state index in [0.717, 1.165) is 10.0 Å². The maximum atomic E-state index is 12.6. The van der Waals surface area contributed by atoms with E-state index in [2.05, 4.69) is 21.2 Å². The van der Waals surface area contributed by atoms with E-state index in [9.17, 15) is 13.2 Å². The first-order valence-electron chi connectivity index (χ1n) is 7.94. The number of benzene rings is 1. The minimum absolute atomic E-state index is 0.121. The first-order chi connectivity index (χ1) is 11.7. The third kappa shape index (κ3) is 4.13. The summed E-state index contributed by atoms with van der Waals surface area (Å²) < 4.78 is 29.0. The van der Waals surface area contributed by atoms with Crippen molar-refractivity contribution in [1.29, 1.82) is 0 Å². The molecule has 0 aliphatic rings. The first-order valence-corrected chi connectivity index (χ1v) is 10.2. The fourth-order valence-electron chi connectivity index (χ4n) is 2.53. The van der Waals surface area contributed by atoms with Crippen LogP contribution in [0, 0.1) is 6.92 Å². The molecule has 0 saturated carbocycles. The van der Waals surface area contributed by atoms with Gasteiger partial charge in [0.15, 0.2) is 0 Å². The highest BCUT2D eigenvalue weighted by atomic mass is 79.9. The molecular formula is C17H22BrN3O3S. The lowest BCUT2D eigenvalue weighted by Gasteiger charge is -2.17. The Morgan fingerprint density at radius 1 is 1.24 bits per heavy atom. The van der Waals surface area contributed by atoms with Gasteiger partial charge < -0.3 is 9.88 Å². The number of aryl methyl sites for hydroxylation is 2. The van der Waals surface area contributed by atoms with Gasteiger partial charge in [-0.1, -0.05) is 29.8 Å². The molecule has 1 aromatic carbocycles. The Bertz CT molecular complexity index is 887. The Hall–Kier alpha value is -1.64. The van der Waals surface area contributed by atoms with Gasteiger partial charge in [-0.15, -0.1) is 0 Å². The lowest BCUT2D eigenvalue weighted by molar-refractivity contribution is 0.101. The van der Waals surface area contributed by atoms with Crippen molar-refractivity contribution < 1.29 is 13.2 Å². The number of carbonyl (C=O) groups is 1. The molecule has 25 heavy (non-hydrogen) atoms. The van der Waals surface area contributed by atoms with Gasteiger partial charge in [-0.05, 0) is 36.8 Å². The fraction of sp³-hybridized carbons (Fsp3) is 0.353. The summed E-state index contributed by atoms with van der Waals surface area (Å²) in [5.41, 5.74) is 1.93. The average molecular weight is 428 g/mol. The molecule has 1 aromatic heterocycles. The van der Waals surface area contributed by atoms with Crippen molar-refractivity contribution in [3.8, 4) is 0 Å². The summed E-state index contributed by atoms with van der Waals surface area (Å²) in [6.45, 7) is 6.26. The number of sulfonamides is 1. The van der Waals surface area contributed by atoms with E-state index in [1.54, 1.807) is 27.0 Å². The SMILES string of the molecule is CCN(CC)S(=O)(=O)c1cc(C(=O)Nc2ccc(Br)c(C)c2)n(C)c1. The minimum atomic E-state index is -3.60. The number of anilines is 1. The third-order valence-electron chi connectivity index (χ3n) is 3.97. The number of halogens is 1. The van der Waals surface area contributed by atoms with Gasteiger partial charge in [-0.3, -0.25) is 4.79 Å². The molecule has 0 radical (unpaired) electrons. The third-order valence-corrected chi connectivity index (χ3v) is 6.88. The van der Waals surface area contributed by atoms with E-state index < -0.39 is 10.0 Å². The molecule has 0 saturated heterocycles. The number of hydrogen-bond acceptors (Lipinski definition) is 3. The summed E-state index contributed by atoms with van der Waals surface area (Å²) in [5, 5.41) is 2.80. The maximum absolute atomic E-state index is 12.6. The molecule has 0 atom stereocenters. The lowest BCUT2D eigenvalue weighted by Crippen LogP contribution is -2.30. The van der Waals surface area contributed by atoms with Gasteiger partial charge in [0.2, 0.25) is 10.0 Å². The second-order valence-corrected chi connectivity index (χ2v) is 8.47. The summed E-state index contributed by atoms with van der Waals surface area (Å²) in [7, 11) is -1.94. The number of amides is 1. The van der Waals surface area contributed by atoms with Crippen molar-refractivity contribution in [2.24, 2.45) is 7.05 Å². The Kier molecular flexibility index (Phi) is 6.08. The molecule has 0 aliphatic carbocycles. The van der Waals surface area contributed by atoms with E-state index >= 15 is 0 Å². The quantitative estimate of drug-likeness (QED) is 0.767. The van der Waals surface area contributed by atoms with Crippen LogP contribution in [0.3, 0.4) is 0 Å². The summed E-state index contributed by atoms with van der Waals surface area (Å²) in [4.78, 5) is 12.6. The number of nitrogens with zero attached hydrogens (tertiary/aromatic N) is 2. The molecule has 2 rings (SSSR count). The molecule has 1 N–H and O–H groups in total. The van der Waals surface area contributed by atoms with E-state index in [4.69, 9.17) is 0 Å². The minimum Gasteiger partial charge on any atom is -0.345 e. The van der Waals surface area contributed by atoms with Crippen LogP contribution < -0.4 is 5.32 Å². The van der Waals surface area contributed by atoms with Crippen LogP contribution in [0.25, 0.3) is 0 Å². The second kappa shape index (κ2) is 7.72. The van der Waals surface area contributed by atoms with Crippen molar-refractivity contribution in [2.45, 2.75) is 25.7 Å². The maximum Gasteiger partial charge on any atom is 0.272 e. The first kappa shape index (κ1) is 19.7. The number of aromatic nitrogens is 1. The van der Waals surface area contributed by atoms with Gasteiger partial charge in [-0.25, -0.2) is 8.42 Å². The van der Waals surface area contributed by atoms with E-state index in [0.29, 0.717) is 18.8 Å². The van der Waals surface area contributed by atoms with E-state index in [1.807, 2.05) is 19.1 Å². The van der Waals surface area contributed by atoms with Gasteiger partial charge >= 0.3 is 0 Å². The van der Waals surface area contributed by atoms with E-state index in [1.165, 1.54) is 21.1 Å². The highest BCUT2D eigenvalue weighted by Gasteiger charge is 2.25. The summed E-state index contributed by atoms with van der Waals surface area (Å²) in [6.07, 6.45) is 1.47. The Balaban J connectivity index is 2.30. The largest absolute Gasteiger partial charge is 0.345 e. The molecule has 1 heterocycles. The Morgan fingerprint density at radius 3 is 2.44 bits per heavy atom. The van der Waals surface area contributed by atoms with Crippen molar-refractivity contribution in [3.63, 3.8) is 0 Å². The molecule has 1 amide bonds. The molecule has 0 unspecified atom stereocenters. The normalized spacial score (nSPS) is 11.8. The fourth-order valence-corrected chi connectivity index (χ4v) is 4.31. The van der Waals surface area contributed by atoms with Crippen LogP contribution in [-0.4, -0.2) is 36.3 Å². The monoisotopic (exact) mass is 427 g/mol. The van der Waals surface area contributed by atoms with Gasteiger partial charge in [0.25, 0.3) is 5.91 Å². The molecule has 8 heteroatoms. The molecule has 6 nitrogen and oxygen atoms in total. The second-order valence-electron chi connectivity index (χ2n) is 5.68. The van der Waals surface area contributed by atoms with Gasteiger partial charge in [0.05, 0.1) is 0 Å². The number of carbonyl (C=O) groups excluding carboxylic acids is 1. The molecule has 0 bridgehead atoms. The van der Waals surface area contributed by atoms with Crippen molar-refractivity contribution >= 4 is 37.5 Å². The zero-order valence-corrected chi connectivity index (χ0v) is 17.1. The van der Waals surface area contributed by atoms with Crippen LogP contribution in [0.4, 0.5) is 5.69 Å². The van der Waals surface area contributed by atoms with Crippen molar-refractivity contribution in [1.82, 2.24) is 8.87 Å². The zero-order chi connectivity index (χ0) is 18.8. The number of rotatable bonds is 6. The summed E-state index contributed by atoms with van der Waals surface area (Å²) in [6, 6.07) is 6.89. The molecular weight excluding hydrogens is 406 g/mol. The van der Waals surface area contributed by atoms with Crippen LogP contribution in [0.1, 0.15) is 29.9 Å². The van der Waals surface area contributed by atoms with Gasteiger partial charge in [0.1, 0.15) is 10.6 Å². The van der Waals surface area contributed by atoms with Crippen molar-refractivity contribution in [3.05, 3.63) is 46.2 Å². The summed E-state index contributed by atoms with van der Waals surface area (Å²) >= 11 is 3.42. The predicted molar refractivity (Wildman–Crippen MR) is 102 cm³/mol. The molecule has 2 aromatic rings. The molecule has 136 valence electrons. The standard InChI is InChI=1S/C17H22BrN3O3S/c1-5-21(6-2)25(23,24)14-10-16(20(4)11-14)17(22)19-13-7-8-15(18)12(3)9-13/h7-11H,5-6H2,1-4H3,(H,19,22). The molecule has 0 spiro atoms. The molecule has 0 fully saturated rings. The highest BCUT2D eigenvalue weighted by molar-refractivity contribution is 9.10. The van der Waals surface area contributed by atoms with Crippen LogP contribution in [0.5, 0.6) is 0 Å². The smallest absolute Gasteiger partial charge is 0.272 e. The van der Waals surface area contributed by atoms with E-state index in [-0.39, 0.29) is 16.5 Å². The van der Waals surface area contributed by atoms with Crippen LogP contribution >= 0.6 is 15.9 Å². The molecule has 0 aliphatic heterocycles. The Morgan fingerprint density at radius 2 is 1.88 bits per heavy atom. The van der Waals surface area contributed by atoms with Crippen molar-refractivity contribution in [2.75, 3.05) is 18.4 Å². The van der Waals surface area contributed by atoms with Crippen LogP contribution in [-0.2, 0) is 17.1 Å². The average Bonchev–Trinajstić information content (AvgIpc) is 2.94. The van der Waals surface area contributed by atoms with Crippen LogP contribution in [0.2, 0.25) is 0 Å². The Labute approximate surface area is 157 Å². The van der Waals surface area contributed by atoms with Crippen LogP contribution in [0.15, 0.2) is 39.8 Å². The van der Waals surface area contributed by atoms with Gasteiger partial charge in [-0.2, -0.15) is 4.31 Å².